The number of phenolic OH excluding ortho intramolecular Hbond substituents is 1. The number of ketones is 1. The average molecular weight is 408 g/mol. The maximum Gasteiger partial charge on any atom is 0.222 e. The zero-order valence-corrected chi connectivity index (χ0v) is 16.4. The van der Waals surface area contributed by atoms with Crippen molar-refractivity contribution < 1.29 is 19.0 Å². The molecule has 7 nitrogen and oxygen atoms in total. The topological polar surface area (TPSA) is 102 Å². The number of rotatable bonds is 4. The van der Waals surface area contributed by atoms with Crippen molar-refractivity contribution in [2.24, 2.45) is 0 Å². The minimum Gasteiger partial charge on any atom is -0.507 e. The molecule has 30 heavy (non-hydrogen) atoms. The van der Waals surface area contributed by atoms with E-state index >= 15 is 0 Å². The van der Waals surface area contributed by atoms with Crippen molar-refractivity contribution in [2.45, 2.75) is 6.92 Å². The number of morpholine rings is 1. The highest BCUT2D eigenvalue weighted by molar-refractivity contribution is 6.10. The van der Waals surface area contributed by atoms with Crippen molar-refractivity contribution in [3.05, 3.63) is 65.0 Å². The first kappa shape index (κ1) is 19.8. The first-order valence-corrected chi connectivity index (χ1v) is 9.54. The Hall–Kier alpha value is -3.52. The zero-order chi connectivity index (χ0) is 21.3. The normalized spacial score (nSPS) is 14.0. The number of benzene rings is 2. The highest BCUT2D eigenvalue weighted by Gasteiger charge is 2.19. The van der Waals surface area contributed by atoms with E-state index in [0.717, 1.165) is 5.56 Å². The SMILES string of the molecule is Cc1ccc(C(=O)c2ccc(O)c(-c3cc(N4CCOCC4)nc(N)n3)c2)c(F)c1. The standard InChI is InChI=1S/C22H21FN4O3/c1-13-2-4-15(17(23)10-13)21(29)14-3-5-19(28)16(11-14)18-12-20(26-22(24)25-18)27-6-8-30-9-7-27/h2-5,10-12,28H,6-9H2,1H3,(H2,24,25,26). The molecule has 1 aromatic heterocycles. The van der Waals surface area contributed by atoms with E-state index in [1.807, 2.05) is 4.90 Å². The van der Waals surface area contributed by atoms with Crippen molar-refractivity contribution >= 4 is 17.5 Å². The Balaban J connectivity index is 1.73. The average Bonchev–Trinajstić information content (AvgIpc) is 2.74. The molecule has 1 saturated heterocycles. The maximum atomic E-state index is 14.3. The van der Waals surface area contributed by atoms with Crippen LogP contribution in [0.1, 0.15) is 21.5 Å². The Kier molecular flexibility index (Phi) is 5.33. The molecule has 0 spiro atoms. The van der Waals surface area contributed by atoms with Gasteiger partial charge in [-0.2, -0.15) is 4.98 Å². The molecule has 0 unspecified atom stereocenters. The monoisotopic (exact) mass is 408 g/mol. The van der Waals surface area contributed by atoms with E-state index in [2.05, 4.69) is 9.97 Å². The van der Waals surface area contributed by atoms with Crippen molar-refractivity contribution in [1.82, 2.24) is 9.97 Å². The molecule has 0 atom stereocenters. The third-order valence-electron chi connectivity index (χ3n) is 4.97. The Morgan fingerprint density at radius 3 is 2.63 bits per heavy atom. The molecule has 8 heteroatoms. The van der Waals surface area contributed by atoms with Gasteiger partial charge in [-0.05, 0) is 42.8 Å². The van der Waals surface area contributed by atoms with E-state index in [0.29, 0.717) is 43.4 Å². The van der Waals surface area contributed by atoms with Crippen molar-refractivity contribution in [3.8, 4) is 17.0 Å². The first-order chi connectivity index (χ1) is 14.4. The van der Waals surface area contributed by atoms with Crippen LogP contribution in [0.15, 0.2) is 42.5 Å². The van der Waals surface area contributed by atoms with Crippen LogP contribution in [0.3, 0.4) is 0 Å². The molecule has 4 rings (SSSR count). The second kappa shape index (κ2) is 8.08. The summed E-state index contributed by atoms with van der Waals surface area (Å²) in [6.07, 6.45) is 0. The van der Waals surface area contributed by atoms with Gasteiger partial charge in [0.2, 0.25) is 5.95 Å². The lowest BCUT2D eigenvalue weighted by Crippen LogP contribution is -2.36. The molecule has 2 heterocycles. The number of nitrogens with zero attached hydrogens (tertiary/aromatic N) is 3. The number of aromatic nitrogens is 2. The van der Waals surface area contributed by atoms with Crippen molar-refractivity contribution in [1.29, 1.82) is 0 Å². The van der Waals surface area contributed by atoms with Gasteiger partial charge in [0.15, 0.2) is 5.78 Å². The molecule has 3 N–H and O–H groups in total. The van der Waals surface area contributed by atoms with E-state index in [4.69, 9.17) is 10.5 Å². The number of phenols is 1. The number of carbonyl (C=O) groups excluding carboxylic acids is 1. The highest BCUT2D eigenvalue weighted by Crippen LogP contribution is 2.32. The van der Waals surface area contributed by atoms with Crippen LogP contribution in [0.4, 0.5) is 16.2 Å². The van der Waals surface area contributed by atoms with Crippen LogP contribution in [0.5, 0.6) is 5.75 Å². The summed E-state index contributed by atoms with van der Waals surface area (Å²) in [5, 5.41) is 10.4. The van der Waals surface area contributed by atoms with Crippen LogP contribution in [0.25, 0.3) is 11.3 Å². The van der Waals surface area contributed by atoms with E-state index in [9.17, 15) is 14.3 Å². The summed E-state index contributed by atoms with van der Waals surface area (Å²) in [5.74, 6) is -0.474. The van der Waals surface area contributed by atoms with Gasteiger partial charge in [0, 0.05) is 30.3 Å². The molecule has 1 fully saturated rings. The summed E-state index contributed by atoms with van der Waals surface area (Å²) >= 11 is 0. The first-order valence-electron chi connectivity index (χ1n) is 9.54. The summed E-state index contributed by atoms with van der Waals surface area (Å²) in [6, 6.07) is 10.5. The van der Waals surface area contributed by atoms with Crippen LogP contribution in [-0.4, -0.2) is 47.2 Å². The lowest BCUT2D eigenvalue weighted by Gasteiger charge is -2.28. The largest absolute Gasteiger partial charge is 0.507 e. The van der Waals surface area contributed by atoms with Gasteiger partial charge in [-0.3, -0.25) is 4.79 Å². The molecule has 2 aromatic carbocycles. The van der Waals surface area contributed by atoms with E-state index in [1.165, 1.54) is 30.3 Å². The lowest BCUT2D eigenvalue weighted by atomic mass is 9.98. The number of ether oxygens (including phenoxy) is 1. The van der Waals surface area contributed by atoms with Crippen LogP contribution in [0, 0.1) is 12.7 Å². The number of halogens is 1. The Labute approximate surface area is 173 Å². The molecule has 0 radical (unpaired) electrons. The number of hydrogen-bond donors (Lipinski definition) is 2. The zero-order valence-electron chi connectivity index (χ0n) is 16.4. The van der Waals surface area contributed by atoms with Crippen molar-refractivity contribution in [3.63, 3.8) is 0 Å². The molecular formula is C22H21FN4O3. The molecule has 0 amide bonds. The Bertz CT molecular complexity index is 1110. The predicted octanol–water partition coefficient (Wildman–Crippen LogP) is 2.95. The minimum atomic E-state index is -0.587. The van der Waals surface area contributed by atoms with E-state index < -0.39 is 11.6 Å². The third-order valence-corrected chi connectivity index (χ3v) is 4.97. The number of nitrogen functional groups attached to an aromatic ring is 1. The smallest absolute Gasteiger partial charge is 0.222 e. The fourth-order valence-corrected chi connectivity index (χ4v) is 3.39. The summed E-state index contributed by atoms with van der Waals surface area (Å²) in [5.41, 5.74) is 7.51. The molecule has 1 aliphatic heterocycles. The molecule has 3 aromatic rings. The van der Waals surface area contributed by atoms with Gasteiger partial charge < -0.3 is 20.5 Å². The van der Waals surface area contributed by atoms with E-state index in [1.54, 1.807) is 19.1 Å². The third kappa shape index (κ3) is 3.95. The van der Waals surface area contributed by atoms with Crippen LogP contribution in [-0.2, 0) is 4.74 Å². The summed E-state index contributed by atoms with van der Waals surface area (Å²) in [7, 11) is 0. The molecule has 1 aliphatic rings. The number of anilines is 2. The van der Waals surface area contributed by atoms with Gasteiger partial charge in [-0.15, -0.1) is 0 Å². The molecule has 0 saturated carbocycles. The fourth-order valence-electron chi connectivity index (χ4n) is 3.39. The highest BCUT2D eigenvalue weighted by atomic mass is 19.1. The number of aromatic hydroxyl groups is 1. The van der Waals surface area contributed by atoms with Gasteiger partial charge in [-0.1, -0.05) is 6.07 Å². The second-order valence-electron chi connectivity index (χ2n) is 7.11. The van der Waals surface area contributed by atoms with Crippen LogP contribution in [0.2, 0.25) is 0 Å². The lowest BCUT2D eigenvalue weighted by molar-refractivity contribution is 0.103. The van der Waals surface area contributed by atoms with Crippen LogP contribution < -0.4 is 10.6 Å². The predicted molar refractivity (Wildman–Crippen MR) is 111 cm³/mol. The summed E-state index contributed by atoms with van der Waals surface area (Å²) in [6.45, 7) is 4.23. The van der Waals surface area contributed by atoms with Gasteiger partial charge >= 0.3 is 0 Å². The number of hydrogen-bond acceptors (Lipinski definition) is 7. The van der Waals surface area contributed by atoms with Gasteiger partial charge in [-0.25, -0.2) is 9.37 Å². The maximum absolute atomic E-state index is 14.3. The quantitative estimate of drug-likeness (QED) is 0.640. The summed E-state index contributed by atoms with van der Waals surface area (Å²) in [4.78, 5) is 23.4. The Morgan fingerprint density at radius 2 is 1.90 bits per heavy atom. The minimum absolute atomic E-state index is 0.0338. The second-order valence-corrected chi connectivity index (χ2v) is 7.11. The molecule has 0 bridgehead atoms. The number of nitrogens with two attached hydrogens (primary N) is 1. The van der Waals surface area contributed by atoms with Crippen LogP contribution >= 0.6 is 0 Å². The summed E-state index contributed by atoms with van der Waals surface area (Å²) < 4.78 is 19.6. The van der Waals surface area contributed by atoms with Gasteiger partial charge in [0.25, 0.3) is 0 Å². The molecular weight excluding hydrogens is 387 g/mol. The number of aryl methyl sites for hydroxylation is 1. The fraction of sp³-hybridized carbons (Fsp3) is 0.227. The number of carbonyl (C=O) groups is 1. The van der Waals surface area contributed by atoms with E-state index in [-0.39, 0.29) is 22.8 Å². The van der Waals surface area contributed by atoms with Gasteiger partial charge in [0.1, 0.15) is 17.4 Å². The molecule has 154 valence electrons. The molecule has 0 aliphatic carbocycles. The Morgan fingerprint density at radius 1 is 1.13 bits per heavy atom. The van der Waals surface area contributed by atoms with Crippen molar-refractivity contribution in [2.75, 3.05) is 36.9 Å². The van der Waals surface area contributed by atoms with Gasteiger partial charge in [0.05, 0.1) is 24.5 Å².